The van der Waals surface area contributed by atoms with Gasteiger partial charge in [0.2, 0.25) is 0 Å². The van der Waals surface area contributed by atoms with Gasteiger partial charge in [0.05, 0.1) is 6.61 Å². The summed E-state index contributed by atoms with van der Waals surface area (Å²) < 4.78 is 74.4. The molecule has 29 heavy (non-hydrogen) atoms. The molecular formula is C22H17F5O2. The van der Waals surface area contributed by atoms with Crippen molar-refractivity contribution in [3.8, 4) is 33.8 Å². The molecule has 0 heterocycles. The van der Waals surface area contributed by atoms with Crippen molar-refractivity contribution in [2.75, 3.05) is 6.61 Å². The first kappa shape index (κ1) is 20.6. The fraction of sp³-hybridized carbons (Fsp3) is 0.182. The fourth-order valence-corrected chi connectivity index (χ4v) is 2.77. The van der Waals surface area contributed by atoms with Gasteiger partial charge in [-0.1, -0.05) is 37.3 Å². The van der Waals surface area contributed by atoms with Crippen LogP contribution in [0.15, 0.2) is 60.7 Å². The maximum absolute atomic E-state index is 14.6. The van der Waals surface area contributed by atoms with E-state index in [4.69, 9.17) is 4.74 Å². The van der Waals surface area contributed by atoms with E-state index in [2.05, 4.69) is 4.74 Å². The molecule has 0 saturated heterocycles. The first-order chi connectivity index (χ1) is 13.8. The number of ether oxygens (including phenoxy) is 2. The molecule has 3 aromatic carbocycles. The monoisotopic (exact) mass is 408 g/mol. The molecule has 0 aliphatic rings. The third kappa shape index (κ3) is 5.25. The highest BCUT2D eigenvalue weighted by Crippen LogP contribution is 2.32. The Kier molecular flexibility index (Phi) is 6.06. The number of alkyl halides is 3. The molecule has 0 aliphatic heterocycles. The summed E-state index contributed by atoms with van der Waals surface area (Å²) in [4.78, 5) is 0. The lowest BCUT2D eigenvalue weighted by Gasteiger charge is -2.11. The van der Waals surface area contributed by atoms with Crippen molar-refractivity contribution in [3.63, 3.8) is 0 Å². The summed E-state index contributed by atoms with van der Waals surface area (Å²) in [5.41, 5.74) is 1.53. The summed E-state index contributed by atoms with van der Waals surface area (Å²) in [6.07, 6.45) is -4.12. The second-order valence-corrected chi connectivity index (χ2v) is 6.26. The minimum atomic E-state index is -4.99. The van der Waals surface area contributed by atoms with Gasteiger partial charge in [0, 0.05) is 5.56 Å². The topological polar surface area (TPSA) is 18.5 Å². The molecule has 0 atom stereocenters. The van der Waals surface area contributed by atoms with Crippen molar-refractivity contribution >= 4 is 0 Å². The Morgan fingerprint density at radius 1 is 0.759 bits per heavy atom. The van der Waals surface area contributed by atoms with Gasteiger partial charge in [0.1, 0.15) is 11.6 Å². The maximum Gasteiger partial charge on any atom is 0.573 e. The van der Waals surface area contributed by atoms with Crippen LogP contribution in [-0.2, 0) is 0 Å². The van der Waals surface area contributed by atoms with Crippen LogP contribution in [0.5, 0.6) is 11.5 Å². The highest BCUT2D eigenvalue weighted by molar-refractivity contribution is 5.71. The molecule has 7 heteroatoms. The van der Waals surface area contributed by atoms with E-state index < -0.39 is 23.7 Å². The quantitative estimate of drug-likeness (QED) is 0.410. The van der Waals surface area contributed by atoms with Crippen molar-refractivity contribution < 1.29 is 31.4 Å². The molecule has 152 valence electrons. The number of rotatable bonds is 6. The zero-order valence-corrected chi connectivity index (χ0v) is 15.4. The first-order valence-corrected chi connectivity index (χ1v) is 8.85. The zero-order valence-electron chi connectivity index (χ0n) is 15.4. The molecule has 0 saturated carbocycles. The number of halogens is 5. The molecule has 0 aromatic heterocycles. The van der Waals surface area contributed by atoms with E-state index >= 15 is 0 Å². The molecule has 3 aromatic rings. The van der Waals surface area contributed by atoms with Crippen LogP contribution in [0.2, 0.25) is 0 Å². The number of hydrogen-bond donors (Lipinski definition) is 0. The molecular weight excluding hydrogens is 391 g/mol. The van der Waals surface area contributed by atoms with Crippen molar-refractivity contribution in [3.05, 3.63) is 72.3 Å². The molecule has 3 rings (SSSR count). The van der Waals surface area contributed by atoms with Crippen LogP contribution in [0.1, 0.15) is 13.3 Å². The third-order valence-electron chi connectivity index (χ3n) is 4.10. The smallest absolute Gasteiger partial charge is 0.494 e. The highest BCUT2D eigenvalue weighted by atomic mass is 19.4. The summed E-state index contributed by atoms with van der Waals surface area (Å²) >= 11 is 0. The van der Waals surface area contributed by atoms with Gasteiger partial charge in [-0.05, 0) is 53.4 Å². The average Bonchev–Trinajstić information content (AvgIpc) is 2.67. The second-order valence-electron chi connectivity index (χ2n) is 6.26. The summed E-state index contributed by atoms with van der Waals surface area (Å²) in [5.74, 6) is -1.99. The predicted octanol–water partition coefficient (Wildman–Crippen LogP) is 6.99. The lowest BCUT2D eigenvalue weighted by atomic mass is 9.99. The van der Waals surface area contributed by atoms with Gasteiger partial charge in [0.25, 0.3) is 0 Å². The van der Waals surface area contributed by atoms with E-state index in [0.29, 0.717) is 29.0 Å². The Bertz CT molecular complexity index is 981. The maximum atomic E-state index is 14.6. The predicted molar refractivity (Wildman–Crippen MR) is 99.7 cm³/mol. The molecule has 0 radical (unpaired) electrons. The van der Waals surface area contributed by atoms with Gasteiger partial charge in [-0.15, -0.1) is 13.2 Å². The SMILES string of the molecule is CCCOc1ccc(-c2ccc(-c3ccc(OC(F)(F)F)c(F)c3)cc2F)cc1. The summed E-state index contributed by atoms with van der Waals surface area (Å²) in [6, 6.07) is 14.2. The third-order valence-corrected chi connectivity index (χ3v) is 4.10. The molecule has 2 nitrogen and oxygen atoms in total. The standard InChI is InChI=1S/C22H17F5O2/c1-2-11-28-17-7-3-14(4-8-17)18-9-5-15(12-19(18)23)16-6-10-21(20(24)13-16)29-22(25,26)27/h3-10,12-13H,2,11H2,1H3. The Labute approximate surface area is 164 Å². The normalized spacial score (nSPS) is 11.4. The van der Waals surface area contributed by atoms with Crippen LogP contribution in [0.4, 0.5) is 22.0 Å². The van der Waals surface area contributed by atoms with Gasteiger partial charge in [0.15, 0.2) is 11.6 Å². The summed E-state index contributed by atoms with van der Waals surface area (Å²) in [6.45, 7) is 2.58. The zero-order chi connectivity index (χ0) is 21.0. The molecule has 0 fully saturated rings. The van der Waals surface area contributed by atoms with Crippen LogP contribution in [-0.4, -0.2) is 13.0 Å². The first-order valence-electron chi connectivity index (χ1n) is 8.85. The van der Waals surface area contributed by atoms with Crippen LogP contribution in [0, 0.1) is 11.6 Å². The Hall–Kier alpha value is -3.09. The average molecular weight is 408 g/mol. The lowest BCUT2D eigenvalue weighted by Crippen LogP contribution is -2.17. The lowest BCUT2D eigenvalue weighted by molar-refractivity contribution is -0.275. The van der Waals surface area contributed by atoms with Crippen LogP contribution < -0.4 is 9.47 Å². The van der Waals surface area contributed by atoms with Gasteiger partial charge < -0.3 is 9.47 Å². The van der Waals surface area contributed by atoms with E-state index in [0.717, 1.165) is 18.6 Å². The van der Waals surface area contributed by atoms with E-state index in [1.165, 1.54) is 18.2 Å². The van der Waals surface area contributed by atoms with Crippen LogP contribution in [0.3, 0.4) is 0 Å². The fourth-order valence-electron chi connectivity index (χ4n) is 2.77. The molecule has 0 spiro atoms. The molecule has 0 aliphatic carbocycles. The summed E-state index contributed by atoms with van der Waals surface area (Å²) in [7, 11) is 0. The van der Waals surface area contributed by atoms with E-state index in [1.54, 1.807) is 30.3 Å². The van der Waals surface area contributed by atoms with Crippen LogP contribution in [0.25, 0.3) is 22.3 Å². The largest absolute Gasteiger partial charge is 0.573 e. The van der Waals surface area contributed by atoms with E-state index in [9.17, 15) is 22.0 Å². The van der Waals surface area contributed by atoms with Crippen molar-refractivity contribution in [2.45, 2.75) is 19.7 Å². The van der Waals surface area contributed by atoms with Gasteiger partial charge in [-0.2, -0.15) is 0 Å². The molecule has 0 unspecified atom stereocenters. The minimum absolute atomic E-state index is 0.228. The highest BCUT2D eigenvalue weighted by Gasteiger charge is 2.32. The number of benzene rings is 3. The number of hydrogen-bond acceptors (Lipinski definition) is 2. The van der Waals surface area contributed by atoms with Crippen LogP contribution >= 0.6 is 0 Å². The van der Waals surface area contributed by atoms with Crippen molar-refractivity contribution in [1.29, 1.82) is 0 Å². The molecule has 0 bridgehead atoms. The Balaban J connectivity index is 1.83. The molecule has 0 N–H and O–H groups in total. The second kappa shape index (κ2) is 8.51. The Morgan fingerprint density at radius 3 is 1.90 bits per heavy atom. The van der Waals surface area contributed by atoms with Crippen molar-refractivity contribution in [2.24, 2.45) is 0 Å². The van der Waals surface area contributed by atoms with E-state index in [-0.39, 0.29) is 5.56 Å². The summed E-state index contributed by atoms with van der Waals surface area (Å²) in [5, 5.41) is 0. The van der Waals surface area contributed by atoms with Gasteiger partial charge in [-0.3, -0.25) is 0 Å². The van der Waals surface area contributed by atoms with Gasteiger partial charge >= 0.3 is 6.36 Å². The van der Waals surface area contributed by atoms with E-state index in [1.807, 2.05) is 6.92 Å². The minimum Gasteiger partial charge on any atom is -0.494 e. The van der Waals surface area contributed by atoms with Crippen molar-refractivity contribution in [1.82, 2.24) is 0 Å². The van der Waals surface area contributed by atoms with Gasteiger partial charge in [-0.25, -0.2) is 8.78 Å². The Morgan fingerprint density at radius 2 is 1.34 bits per heavy atom. The molecule has 0 amide bonds.